The summed E-state index contributed by atoms with van der Waals surface area (Å²) in [5.41, 5.74) is 2.87. The van der Waals surface area contributed by atoms with E-state index in [2.05, 4.69) is 0 Å². The number of ether oxygens (including phenoxy) is 2. The molecule has 0 fully saturated rings. The molecule has 1 unspecified atom stereocenters. The van der Waals surface area contributed by atoms with Gasteiger partial charge in [0.25, 0.3) is 0 Å². The van der Waals surface area contributed by atoms with Gasteiger partial charge in [0.15, 0.2) is 19.3 Å². The molecule has 1 radical (unpaired) electrons. The molecule has 0 aliphatic carbocycles. The predicted octanol–water partition coefficient (Wildman–Crippen LogP) is 3.92. The Kier molecular flexibility index (Phi) is 5.17. The smallest absolute Gasteiger partial charge is 0.247 e. The molecule has 121 valence electrons. The molecule has 0 saturated carbocycles. The zero-order valence-electron chi connectivity index (χ0n) is 14.0. The Morgan fingerprint density at radius 1 is 1.00 bits per heavy atom. The Morgan fingerprint density at radius 2 is 1.61 bits per heavy atom. The quantitative estimate of drug-likeness (QED) is 0.779. The summed E-state index contributed by atoms with van der Waals surface area (Å²) in [6.07, 6.45) is 0. The van der Waals surface area contributed by atoms with Crippen LogP contribution in [0.25, 0.3) is 0 Å². The maximum absolute atomic E-state index is 12.8. The number of rotatable bonds is 5. The predicted molar refractivity (Wildman–Crippen MR) is 91.8 cm³/mol. The second-order valence-corrected chi connectivity index (χ2v) is 6.86. The van der Waals surface area contributed by atoms with Gasteiger partial charge in [-0.15, -0.1) is 0 Å². The maximum atomic E-state index is 12.8. The van der Waals surface area contributed by atoms with Crippen LogP contribution in [0.1, 0.15) is 27.0 Å². The minimum absolute atomic E-state index is 0.340. The fourth-order valence-corrected chi connectivity index (χ4v) is 4.14. The Balaban J connectivity index is 2.52. The van der Waals surface area contributed by atoms with E-state index in [4.69, 9.17) is 9.47 Å². The van der Waals surface area contributed by atoms with Gasteiger partial charge in [0.05, 0.1) is 19.5 Å². The third-order valence-corrected chi connectivity index (χ3v) is 5.06. The molecule has 0 aliphatic heterocycles. The van der Waals surface area contributed by atoms with E-state index in [9.17, 15) is 9.36 Å². The van der Waals surface area contributed by atoms with Gasteiger partial charge < -0.3 is 9.47 Å². The zero-order valence-corrected chi connectivity index (χ0v) is 14.9. The van der Waals surface area contributed by atoms with Gasteiger partial charge in [0.1, 0.15) is 0 Å². The second-order valence-electron chi connectivity index (χ2n) is 5.39. The lowest BCUT2D eigenvalue weighted by atomic mass is 10.0. The van der Waals surface area contributed by atoms with Crippen molar-refractivity contribution in [1.29, 1.82) is 0 Å². The van der Waals surface area contributed by atoms with E-state index in [1.165, 1.54) is 14.2 Å². The van der Waals surface area contributed by atoms with E-state index in [-0.39, 0.29) is 5.52 Å². The molecular weight excluding hydrogens is 311 g/mol. The summed E-state index contributed by atoms with van der Waals surface area (Å²) in [7, 11) is 0.677. The molecule has 0 aliphatic rings. The summed E-state index contributed by atoms with van der Waals surface area (Å²) >= 11 is 0. The van der Waals surface area contributed by atoms with Crippen LogP contribution >= 0.6 is 7.80 Å². The number of para-hydroxylation sites is 1. The molecule has 4 nitrogen and oxygen atoms in total. The summed E-state index contributed by atoms with van der Waals surface area (Å²) in [6, 6.07) is 8.89. The topological polar surface area (TPSA) is 52.6 Å². The van der Waals surface area contributed by atoms with Crippen molar-refractivity contribution in [3.63, 3.8) is 0 Å². The lowest BCUT2D eigenvalue weighted by molar-refractivity contribution is 0.107. The summed E-state index contributed by atoms with van der Waals surface area (Å²) in [4.78, 5) is 12.8. The molecule has 2 aromatic carbocycles. The van der Waals surface area contributed by atoms with Gasteiger partial charge in [-0.1, -0.05) is 23.8 Å². The van der Waals surface area contributed by atoms with Gasteiger partial charge in [-0.2, -0.15) is 0 Å². The first kappa shape index (κ1) is 17.2. The zero-order chi connectivity index (χ0) is 17.1. The second kappa shape index (κ2) is 6.93. The third-order valence-electron chi connectivity index (χ3n) is 3.68. The Hall–Kier alpha value is -2.19. The molecule has 0 amide bonds. The third kappa shape index (κ3) is 3.27. The normalized spacial score (nSPS) is 11.1. The molecule has 1 atom stereocenters. The highest BCUT2D eigenvalue weighted by Gasteiger charge is 2.25. The molecule has 0 heterocycles. The van der Waals surface area contributed by atoms with Crippen molar-refractivity contribution in [3.8, 4) is 11.5 Å². The van der Waals surface area contributed by atoms with Gasteiger partial charge >= 0.3 is 0 Å². The standard InChI is InChI=1S/C18H20O4P/c1-11-9-12(2)16(13(3)10-11)18(19)23(20)15-8-6-7-14(21-4)17(15)22-5/h6-10H,1-5H3. The minimum atomic E-state index is -2.30. The van der Waals surface area contributed by atoms with Crippen LogP contribution < -0.4 is 14.8 Å². The summed E-state index contributed by atoms with van der Waals surface area (Å²) in [6.45, 7) is 5.69. The van der Waals surface area contributed by atoms with E-state index >= 15 is 0 Å². The highest BCUT2D eigenvalue weighted by molar-refractivity contribution is 7.71. The van der Waals surface area contributed by atoms with Gasteiger partial charge in [-0.25, -0.2) is 0 Å². The number of methoxy groups -OCH3 is 2. The lowest BCUT2D eigenvalue weighted by Gasteiger charge is -2.13. The first-order valence-corrected chi connectivity index (χ1v) is 8.47. The molecule has 0 saturated heterocycles. The van der Waals surface area contributed by atoms with E-state index < -0.39 is 7.80 Å². The highest BCUT2D eigenvalue weighted by atomic mass is 31.1. The van der Waals surface area contributed by atoms with E-state index in [1.807, 2.05) is 32.9 Å². The number of hydrogen-bond donors (Lipinski definition) is 0. The van der Waals surface area contributed by atoms with Crippen molar-refractivity contribution in [2.45, 2.75) is 20.8 Å². The van der Waals surface area contributed by atoms with Crippen LogP contribution in [-0.4, -0.2) is 19.7 Å². The molecule has 0 N–H and O–H groups in total. The Morgan fingerprint density at radius 3 is 2.13 bits per heavy atom. The number of carbonyl (C=O) groups excluding carboxylic acids is 1. The number of aryl methyl sites for hydroxylation is 3. The summed E-state index contributed by atoms with van der Waals surface area (Å²) in [5.74, 6) is 0.797. The van der Waals surface area contributed by atoms with Gasteiger partial charge in [-0.3, -0.25) is 9.36 Å². The van der Waals surface area contributed by atoms with E-state index in [1.54, 1.807) is 18.2 Å². The van der Waals surface area contributed by atoms with Crippen LogP contribution in [0.4, 0.5) is 0 Å². The molecular formula is C18H20O4P. The summed E-state index contributed by atoms with van der Waals surface area (Å²) < 4.78 is 23.3. The molecule has 0 bridgehead atoms. The van der Waals surface area contributed by atoms with Crippen molar-refractivity contribution < 1.29 is 18.8 Å². The van der Waals surface area contributed by atoms with Crippen molar-refractivity contribution in [3.05, 3.63) is 52.6 Å². The number of benzene rings is 2. The molecule has 23 heavy (non-hydrogen) atoms. The first-order chi connectivity index (χ1) is 10.9. The highest BCUT2D eigenvalue weighted by Crippen LogP contribution is 2.37. The number of carbonyl (C=O) groups is 1. The molecule has 5 heteroatoms. The molecule has 0 aromatic heterocycles. The Labute approximate surface area is 137 Å². The van der Waals surface area contributed by atoms with Crippen molar-refractivity contribution in [1.82, 2.24) is 0 Å². The van der Waals surface area contributed by atoms with Crippen molar-refractivity contribution >= 4 is 18.6 Å². The lowest BCUT2D eigenvalue weighted by Crippen LogP contribution is -2.11. The largest absolute Gasteiger partial charge is 0.493 e. The first-order valence-electron chi connectivity index (χ1n) is 7.21. The SMILES string of the molecule is COc1cccc([P](=O)C(=O)c2c(C)cc(C)cc2C)c1OC. The fourth-order valence-electron chi connectivity index (χ4n) is 2.76. The summed E-state index contributed by atoms with van der Waals surface area (Å²) in [5, 5.41) is 0.353. The molecule has 2 aromatic rings. The van der Waals surface area contributed by atoms with Crippen molar-refractivity contribution in [2.24, 2.45) is 0 Å². The van der Waals surface area contributed by atoms with Crippen LogP contribution in [0, 0.1) is 20.8 Å². The van der Waals surface area contributed by atoms with Crippen LogP contribution in [0.5, 0.6) is 11.5 Å². The van der Waals surface area contributed by atoms with Crippen LogP contribution in [0.3, 0.4) is 0 Å². The number of hydrogen-bond acceptors (Lipinski definition) is 4. The van der Waals surface area contributed by atoms with Crippen LogP contribution in [0.15, 0.2) is 30.3 Å². The van der Waals surface area contributed by atoms with Crippen molar-refractivity contribution in [2.75, 3.05) is 14.2 Å². The fraction of sp³-hybridized carbons (Fsp3) is 0.278. The minimum Gasteiger partial charge on any atom is -0.493 e. The average molecular weight is 331 g/mol. The molecule has 0 spiro atoms. The van der Waals surface area contributed by atoms with E-state index in [0.717, 1.165) is 16.7 Å². The molecule has 2 rings (SSSR count). The van der Waals surface area contributed by atoms with Crippen LogP contribution in [0.2, 0.25) is 0 Å². The maximum Gasteiger partial charge on any atom is 0.247 e. The van der Waals surface area contributed by atoms with Gasteiger partial charge in [0.2, 0.25) is 5.52 Å². The monoisotopic (exact) mass is 331 g/mol. The average Bonchev–Trinajstić information content (AvgIpc) is 2.52. The van der Waals surface area contributed by atoms with Crippen LogP contribution in [-0.2, 0) is 4.57 Å². The van der Waals surface area contributed by atoms with Gasteiger partial charge in [0, 0.05) is 5.56 Å². The van der Waals surface area contributed by atoms with E-state index in [0.29, 0.717) is 22.4 Å². The van der Waals surface area contributed by atoms with Gasteiger partial charge in [-0.05, 0) is 44.0 Å². The Bertz CT molecular complexity index is 758.